The third-order valence-electron chi connectivity index (χ3n) is 5.77. The largest absolute Gasteiger partial charge is 0.486 e. The van der Waals surface area contributed by atoms with Crippen molar-refractivity contribution in [2.24, 2.45) is 5.92 Å². The van der Waals surface area contributed by atoms with Crippen LogP contribution in [0.3, 0.4) is 0 Å². The predicted molar refractivity (Wildman–Crippen MR) is 129 cm³/mol. The molecule has 5 rings (SSSR count). The van der Waals surface area contributed by atoms with E-state index in [-0.39, 0.29) is 5.92 Å². The standard InChI is InChI=1S/C24H17Cl2N7O/c1-13(22-19(25)9-29-10-20(22)26)34-17-2-3-21-18(5-17)23(32-31-21)16-4-15(7-28)24(30-8-16)33-11-14(6-27)12-33/h2-5,8-10,13-14H,11-12H2,1H3,(H,31,32)/t13-/m1/s1. The summed E-state index contributed by atoms with van der Waals surface area (Å²) in [6.07, 6.45) is 4.35. The van der Waals surface area contributed by atoms with Gasteiger partial charge in [-0.1, -0.05) is 23.2 Å². The molecule has 4 heterocycles. The Morgan fingerprint density at radius 1 is 1.15 bits per heavy atom. The lowest BCUT2D eigenvalue weighted by atomic mass is 10.0. The van der Waals surface area contributed by atoms with Crippen LogP contribution in [0.5, 0.6) is 5.75 Å². The maximum Gasteiger partial charge on any atom is 0.146 e. The fourth-order valence-corrected chi connectivity index (χ4v) is 4.69. The van der Waals surface area contributed by atoms with E-state index in [1.165, 1.54) is 12.4 Å². The number of halogens is 2. The number of nitriles is 2. The predicted octanol–water partition coefficient (Wildman–Crippen LogP) is 5.30. The molecule has 1 N–H and O–H groups in total. The lowest BCUT2D eigenvalue weighted by Gasteiger charge is -2.36. The highest BCUT2D eigenvalue weighted by Crippen LogP contribution is 2.35. The highest BCUT2D eigenvalue weighted by Gasteiger charge is 2.29. The number of pyridine rings is 2. The Hall–Kier alpha value is -3.85. The first-order chi connectivity index (χ1) is 16.5. The Labute approximate surface area is 205 Å². The van der Waals surface area contributed by atoms with Crippen molar-refractivity contribution in [3.63, 3.8) is 0 Å². The third-order valence-corrected chi connectivity index (χ3v) is 6.37. The quantitative estimate of drug-likeness (QED) is 0.404. The average molecular weight is 490 g/mol. The number of fused-ring (bicyclic) bond motifs is 1. The maximum atomic E-state index is 9.69. The highest BCUT2D eigenvalue weighted by atomic mass is 35.5. The van der Waals surface area contributed by atoms with Gasteiger partial charge in [0.25, 0.3) is 0 Å². The summed E-state index contributed by atoms with van der Waals surface area (Å²) in [5.74, 6) is 1.17. The van der Waals surface area contributed by atoms with Crippen molar-refractivity contribution in [2.45, 2.75) is 13.0 Å². The van der Waals surface area contributed by atoms with Crippen molar-refractivity contribution in [3.05, 3.63) is 64.0 Å². The second kappa shape index (κ2) is 8.83. The highest BCUT2D eigenvalue weighted by molar-refractivity contribution is 6.35. The van der Waals surface area contributed by atoms with Crippen molar-refractivity contribution in [1.82, 2.24) is 20.2 Å². The van der Waals surface area contributed by atoms with Crippen LogP contribution < -0.4 is 9.64 Å². The summed E-state index contributed by atoms with van der Waals surface area (Å²) < 4.78 is 6.13. The van der Waals surface area contributed by atoms with Gasteiger partial charge < -0.3 is 9.64 Å². The lowest BCUT2D eigenvalue weighted by molar-refractivity contribution is 0.227. The molecule has 1 aliphatic rings. The Kier molecular flexibility index (Phi) is 5.70. The molecule has 34 heavy (non-hydrogen) atoms. The van der Waals surface area contributed by atoms with Gasteiger partial charge in [-0.05, 0) is 31.2 Å². The van der Waals surface area contributed by atoms with Crippen LogP contribution in [-0.2, 0) is 0 Å². The van der Waals surface area contributed by atoms with E-state index in [0.717, 1.165) is 10.9 Å². The number of rotatable bonds is 5. The maximum absolute atomic E-state index is 9.69. The van der Waals surface area contributed by atoms with Crippen molar-refractivity contribution < 1.29 is 4.74 Å². The number of aromatic amines is 1. The van der Waals surface area contributed by atoms with E-state index >= 15 is 0 Å². The van der Waals surface area contributed by atoms with Gasteiger partial charge in [0.15, 0.2) is 0 Å². The van der Waals surface area contributed by atoms with Crippen molar-refractivity contribution in [3.8, 4) is 29.1 Å². The number of nitrogens with zero attached hydrogens (tertiary/aromatic N) is 6. The van der Waals surface area contributed by atoms with E-state index in [2.05, 4.69) is 32.3 Å². The van der Waals surface area contributed by atoms with Gasteiger partial charge in [0, 0.05) is 48.2 Å². The number of nitrogens with one attached hydrogen (secondary N) is 1. The van der Waals surface area contributed by atoms with Crippen LogP contribution in [0.15, 0.2) is 42.9 Å². The van der Waals surface area contributed by atoms with Gasteiger partial charge in [-0.15, -0.1) is 0 Å². The van der Waals surface area contributed by atoms with Crippen molar-refractivity contribution >= 4 is 39.9 Å². The minimum atomic E-state index is -0.407. The normalized spacial score (nSPS) is 14.3. The zero-order valence-corrected chi connectivity index (χ0v) is 19.5. The molecule has 1 fully saturated rings. The summed E-state index contributed by atoms with van der Waals surface area (Å²) in [5.41, 5.74) is 3.27. The fraction of sp³-hybridized carbons (Fsp3) is 0.208. The summed E-state index contributed by atoms with van der Waals surface area (Å²) >= 11 is 12.5. The fourth-order valence-electron chi connectivity index (χ4n) is 4.01. The molecule has 0 radical (unpaired) electrons. The second-order valence-corrected chi connectivity index (χ2v) is 8.81. The number of H-pyrrole nitrogens is 1. The first-order valence-corrected chi connectivity index (χ1v) is 11.2. The summed E-state index contributed by atoms with van der Waals surface area (Å²) in [6.45, 7) is 3.02. The SMILES string of the molecule is C[C@@H](Oc1ccc2[nH]nc(-c3cnc(N4CC(C#N)C4)c(C#N)c3)c2c1)c1c(Cl)cncc1Cl. The summed E-state index contributed by atoms with van der Waals surface area (Å²) in [5, 5.41) is 27.9. The van der Waals surface area contributed by atoms with E-state index in [0.29, 0.717) is 57.1 Å². The van der Waals surface area contributed by atoms with E-state index in [1.807, 2.05) is 30.0 Å². The van der Waals surface area contributed by atoms with Crippen molar-refractivity contribution in [1.29, 1.82) is 10.5 Å². The van der Waals surface area contributed by atoms with Gasteiger partial charge in [0.2, 0.25) is 0 Å². The molecular formula is C24H17Cl2N7O. The van der Waals surface area contributed by atoms with E-state index < -0.39 is 6.10 Å². The molecule has 3 aromatic heterocycles. The molecule has 1 saturated heterocycles. The van der Waals surface area contributed by atoms with E-state index in [1.54, 1.807) is 12.3 Å². The molecule has 0 unspecified atom stereocenters. The van der Waals surface area contributed by atoms with E-state index in [9.17, 15) is 5.26 Å². The van der Waals surface area contributed by atoms with E-state index in [4.69, 9.17) is 33.2 Å². The minimum absolute atomic E-state index is 0.0268. The van der Waals surface area contributed by atoms with Crippen LogP contribution in [0.1, 0.15) is 24.2 Å². The molecule has 0 saturated carbocycles. The summed E-state index contributed by atoms with van der Waals surface area (Å²) in [4.78, 5) is 10.4. The zero-order chi connectivity index (χ0) is 23.8. The Balaban J connectivity index is 1.46. The number of benzene rings is 1. The van der Waals surface area contributed by atoms with Gasteiger partial charge in [-0.25, -0.2) is 4.98 Å². The molecule has 0 spiro atoms. The Morgan fingerprint density at radius 3 is 2.62 bits per heavy atom. The van der Waals surface area contributed by atoms with Crippen LogP contribution >= 0.6 is 23.2 Å². The van der Waals surface area contributed by atoms with Gasteiger partial charge in [0.1, 0.15) is 29.4 Å². The molecule has 10 heteroatoms. The minimum Gasteiger partial charge on any atom is -0.486 e. The summed E-state index contributed by atoms with van der Waals surface area (Å²) in [7, 11) is 0. The molecule has 1 aliphatic heterocycles. The first kappa shape index (κ1) is 22.0. The molecule has 1 aromatic carbocycles. The molecule has 0 amide bonds. The molecule has 8 nitrogen and oxygen atoms in total. The number of aromatic nitrogens is 4. The van der Waals surface area contributed by atoms with Crippen LogP contribution in [0.2, 0.25) is 10.0 Å². The van der Waals surface area contributed by atoms with Gasteiger partial charge in [-0.2, -0.15) is 15.6 Å². The molecule has 1 atom stereocenters. The molecular weight excluding hydrogens is 473 g/mol. The number of ether oxygens (including phenoxy) is 1. The second-order valence-electron chi connectivity index (χ2n) is 7.99. The molecule has 168 valence electrons. The van der Waals surface area contributed by atoms with Crippen LogP contribution in [0.4, 0.5) is 5.82 Å². The van der Waals surface area contributed by atoms with Gasteiger partial charge in [-0.3, -0.25) is 10.1 Å². The topological polar surface area (TPSA) is 115 Å². The van der Waals surface area contributed by atoms with Gasteiger partial charge >= 0.3 is 0 Å². The smallest absolute Gasteiger partial charge is 0.146 e. The number of hydrogen-bond acceptors (Lipinski definition) is 7. The number of anilines is 1. The number of hydrogen-bond donors (Lipinski definition) is 1. The van der Waals surface area contributed by atoms with Gasteiger partial charge in [0.05, 0.1) is 33.1 Å². The molecule has 4 aromatic rings. The zero-order valence-electron chi connectivity index (χ0n) is 18.0. The van der Waals surface area contributed by atoms with Crippen LogP contribution in [0, 0.1) is 28.6 Å². The van der Waals surface area contributed by atoms with Crippen molar-refractivity contribution in [2.75, 3.05) is 18.0 Å². The summed E-state index contributed by atoms with van der Waals surface area (Å²) in [6, 6.07) is 11.8. The average Bonchev–Trinajstić information content (AvgIpc) is 3.21. The van der Waals surface area contributed by atoms with Crippen LogP contribution in [-0.4, -0.2) is 33.3 Å². The Morgan fingerprint density at radius 2 is 1.91 bits per heavy atom. The van der Waals surface area contributed by atoms with Crippen LogP contribution in [0.25, 0.3) is 22.2 Å². The molecule has 0 bridgehead atoms. The third kappa shape index (κ3) is 3.88. The Bertz CT molecular complexity index is 1460. The monoisotopic (exact) mass is 489 g/mol. The first-order valence-electron chi connectivity index (χ1n) is 10.5. The molecule has 0 aliphatic carbocycles. The lowest BCUT2D eigenvalue weighted by Crippen LogP contribution is -2.46.